The average molecular weight is 404 g/mol. The summed E-state index contributed by atoms with van der Waals surface area (Å²) < 4.78 is 7.18. The minimum Gasteiger partial charge on any atom is -0.475 e. The fourth-order valence-electron chi connectivity index (χ4n) is 4.31. The van der Waals surface area contributed by atoms with Crippen LogP contribution < -0.4 is 4.90 Å². The zero-order valence-corrected chi connectivity index (χ0v) is 16.4. The number of carboxylic acids is 1. The van der Waals surface area contributed by atoms with E-state index < -0.39 is 12.1 Å². The molecule has 1 unspecified atom stereocenters. The fourth-order valence-corrected chi connectivity index (χ4v) is 4.31. The smallest absolute Gasteiger partial charge is 0.416 e. The lowest BCUT2D eigenvalue weighted by molar-refractivity contribution is 0.0683. The van der Waals surface area contributed by atoms with Crippen LogP contribution in [-0.4, -0.2) is 44.6 Å². The third-order valence-electron chi connectivity index (χ3n) is 5.79. The van der Waals surface area contributed by atoms with Crippen molar-refractivity contribution in [3.8, 4) is 11.1 Å². The molecule has 152 valence electrons. The molecule has 1 N–H and O–H groups in total. The molecule has 1 aliphatic heterocycles. The number of benzene rings is 2. The molecular weight excluding hydrogens is 384 g/mol. The topological polar surface area (TPSA) is 97.5 Å². The number of hydrogen-bond donors (Lipinski definition) is 1. The van der Waals surface area contributed by atoms with Gasteiger partial charge in [0.2, 0.25) is 5.95 Å². The first-order chi connectivity index (χ1) is 14.5. The molecule has 1 aliphatic carbocycles. The van der Waals surface area contributed by atoms with E-state index in [0.29, 0.717) is 13.0 Å². The Labute approximate surface area is 172 Å². The Kier molecular flexibility index (Phi) is 4.27. The molecule has 2 heterocycles. The third kappa shape index (κ3) is 2.83. The number of aryl methyl sites for hydroxylation is 1. The average Bonchev–Trinajstić information content (AvgIpc) is 3.32. The number of carbonyl (C=O) groups is 2. The molecule has 0 bridgehead atoms. The van der Waals surface area contributed by atoms with E-state index in [1.54, 1.807) is 0 Å². The SMILES string of the molecule is CC1CCn2nc(C(=O)O)nc2N1C(=O)OCC1c2ccccc2-c2ccccc21. The molecule has 1 atom stereocenters. The van der Waals surface area contributed by atoms with Gasteiger partial charge in [-0.05, 0) is 35.6 Å². The standard InChI is InChI=1S/C22H20N4O4/c1-13-10-11-25-21(23-19(24-25)20(27)28)26(13)22(29)30-12-18-16-8-4-2-6-14(16)15-7-3-5-9-17(15)18/h2-9,13,18H,10-12H2,1H3,(H,27,28). The van der Waals surface area contributed by atoms with Crippen LogP contribution in [0.15, 0.2) is 48.5 Å². The number of amides is 1. The van der Waals surface area contributed by atoms with E-state index >= 15 is 0 Å². The second-order valence-corrected chi connectivity index (χ2v) is 7.58. The first-order valence-electron chi connectivity index (χ1n) is 9.87. The molecule has 1 amide bonds. The molecule has 0 radical (unpaired) electrons. The number of aromatic nitrogens is 3. The van der Waals surface area contributed by atoms with Crippen molar-refractivity contribution in [2.24, 2.45) is 0 Å². The summed E-state index contributed by atoms with van der Waals surface area (Å²) in [6, 6.07) is 16.1. The molecular formula is C22H20N4O4. The molecule has 5 rings (SSSR count). The van der Waals surface area contributed by atoms with Crippen molar-refractivity contribution < 1.29 is 19.4 Å². The van der Waals surface area contributed by atoms with Gasteiger partial charge >= 0.3 is 12.1 Å². The van der Waals surface area contributed by atoms with Gasteiger partial charge in [0.15, 0.2) is 0 Å². The second kappa shape index (κ2) is 6.98. The van der Waals surface area contributed by atoms with Gasteiger partial charge in [-0.25, -0.2) is 19.2 Å². The Morgan fingerprint density at radius 3 is 2.37 bits per heavy atom. The largest absolute Gasteiger partial charge is 0.475 e. The molecule has 0 spiro atoms. The van der Waals surface area contributed by atoms with Crippen molar-refractivity contribution in [1.82, 2.24) is 14.8 Å². The van der Waals surface area contributed by atoms with Crippen LogP contribution in [-0.2, 0) is 11.3 Å². The van der Waals surface area contributed by atoms with Gasteiger partial charge in [-0.3, -0.25) is 0 Å². The van der Waals surface area contributed by atoms with Crippen LogP contribution in [0.4, 0.5) is 10.7 Å². The molecule has 8 heteroatoms. The van der Waals surface area contributed by atoms with E-state index in [-0.39, 0.29) is 30.3 Å². The lowest BCUT2D eigenvalue weighted by atomic mass is 9.98. The number of fused-ring (bicyclic) bond motifs is 4. The summed E-state index contributed by atoms with van der Waals surface area (Å²) in [5, 5.41) is 13.2. The van der Waals surface area contributed by atoms with Crippen LogP contribution >= 0.6 is 0 Å². The maximum absolute atomic E-state index is 13.0. The van der Waals surface area contributed by atoms with Crippen molar-refractivity contribution in [3.63, 3.8) is 0 Å². The van der Waals surface area contributed by atoms with Crippen LogP contribution in [0.5, 0.6) is 0 Å². The lowest BCUT2D eigenvalue weighted by Gasteiger charge is -2.31. The van der Waals surface area contributed by atoms with Crippen LogP contribution in [0.3, 0.4) is 0 Å². The summed E-state index contributed by atoms with van der Waals surface area (Å²) in [6.07, 6.45) is 0.0919. The molecule has 0 saturated carbocycles. The quantitative estimate of drug-likeness (QED) is 0.717. The van der Waals surface area contributed by atoms with E-state index in [1.165, 1.54) is 9.58 Å². The monoisotopic (exact) mass is 404 g/mol. The fraction of sp³-hybridized carbons (Fsp3) is 0.273. The Morgan fingerprint density at radius 1 is 1.10 bits per heavy atom. The van der Waals surface area contributed by atoms with E-state index in [1.807, 2.05) is 31.2 Å². The number of carbonyl (C=O) groups excluding carboxylic acids is 1. The molecule has 3 aromatic rings. The number of nitrogens with zero attached hydrogens (tertiary/aromatic N) is 4. The molecule has 1 aromatic heterocycles. The van der Waals surface area contributed by atoms with Crippen LogP contribution in [0, 0.1) is 0 Å². The number of rotatable bonds is 3. The van der Waals surface area contributed by atoms with Crippen LogP contribution in [0.2, 0.25) is 0 Å². The maximum Gasteiger partial charge on any atom is 0.416 e. The van der Waals surface area contributed by atoms with Crippen LogP contribution in [0.25, 0.3) is 11.1 Å². The highest BCUT2D eigenvalue weighted by Crippen LogP contribution is 2.44. The second-order valence-electron chi connectivity index (χ2n) is 7.58. The molecule has 0 saturated heterocycles. The van der Waals surface area contributed by atoms with Gasteiger partial charge in [0.1, 0.15) is 6.61 Å². The Hall–Kier alpha value is -3.68. The number of aromatic carboxylic acids is 1. The summed E-state index contributed by atoms with van der Waals surface area (Å²) in [5.74, 6) is -1.38. The Morgan fingerprint density at radius 2 is 1.73 bits per heavy atom. The van der Waals surface area contributed by atoms with Gasteiger partial charge in [0, 0.05) is 18.5 Å². The van der Waals surface area contributed by atoms with Crippen molar-refractivity contribution in [1.29, 1.82) is 0 Å². The van der Waals surface area contributed by atoms with Gasteiger partial charge in [0.05, 0.1) is 0 Å². The predicted molar refractivity (Wildman–Crippen MR) is 109 cm³/mol. The summed E-state index contributed by atoms with van der Waals surface area (Å²) in [6.45, 7) is 2.58. The normalized spacial score (nSPS) is 17.2. The third-order valence-corrected chi connectivity index (χ3v) is 5.79. The zero-order valence-electron chi connectivity index (χ0n) is 16.4. The van der Waals surface area contributed by atoms with E-state index in [0.717, 1.165) is 22.3 Å². The molecule has 8 nitrogen and oxygen atoms in total. The Balaban J connectivity index is 1.40. The first-order valence-corrected chi connectivity index (χ1v) is 9.87. The van der Waals surface area contributed by atoms with Gasteiger partial charge in [-0.2, -0.15) is 4.98 Å². The molecule has 2 aromatic carbocycles. The number of anilines is 1. The van der Waals surface area contributed by atoms with Crippen molar-refractivity contribution in [2.45, 2.75) is 31.8 Å². The van der Waals surface area contributed by atoms with E-state index in [4.69, 9.17) is 4.74 Å². The van der Waals surface area contributed by atoms with Gasteiger partial charge in [-0.1, -0.05) is 48.5 Å². The molecule has 2 aliphatic rings. The van der Waals surface area contributed by atoms with Gasteiger partial charge in [-0.15, -0.1) is 5.10 Å². The molecule has 30 heavy (non-hydrogen) atoms. The summed E-state index contributed by atoms with van der Waals surface area (Å²) in [4.78, 5) is 29.7. The first kappa shape index (κ1) is 18.4. The lowest BCUT2D eigenvalue weighted by Crippen LogP contribution is -2.45. The van der Waals surface area contributed by atoms with Gasteiger partial charge in [0.25, 0.3) is 5.82 Å². The highest BCUT2D eigenvalue weighted by molar-refractivity contribution is 5.88. The van der Waals surface area contributed by atoms with Crippen molar-refractivity contribution in [3.05, 3.63) is 65.5 Å². The highest BCUT2D eigenvalue weighted by Gasteiger charge is 2.35. The van der Waals surface area contributed by atoms with Gasteiger partial charge < -0.3 is 9.84 Å². The number of hydrogen-bond acceptors (Lipinski definition) is 5. The van der Waals surface area contributed by atoms with E-state index in [2.05, 4.69) is 34.3 Å². The number of carboxylic acid groups (broad SMARTS) is 1. The Bertz CT molecular complexity index is 1110. The minimum atomic E-state index is -1.22. The van der Waals surface area contributed by atoms with Crippen LogP contribution in [0.1, 0.15) is 41.0 Å². The maximum atomic E-state index is 13.0. The predicted octanol–water partition coefficient (Wildman–Crippen LogP) is 3.52. The van der Waals surface area contributed by atoms with Crippen molar-refractivity contribution >= 4 is 18.0 Å². The van der Waals surface area contributed by atoms with E-state index in [9.17, 15) is 14.7 Å². The number of ether oxygens (including phenoxy) is 1. The molecule has 0 fully saturated rings. The summed E-state index contributed by atoms with van der Waals surface area (Å²) in [7, 11) is 0. The van der Waals surface area contributed by atoms with Crippen molar-refractivity contribution in [2.75, 3.05) is 11.5 Å². The zero-order chi connectivity index (χ0) is 20.8. The summed E-state index contributed by atoms with van der Waals surface area (Å²) in [5.41, 5.74) is 4.58. The summed E-state index contributed by atoms with van der Waals surface area (Å²) >= 11 is 0. The highest BCUT2D eigenvalue weighted by atomic mass is 16.6. The minimum absolute atomic E-state index is 0.0473.